The summed E-state index contributed by atoms with van der Waals surface area (Å²) in [5.41, 5.74) is 12.1. The van der Waals surface area contributed by atoms with E-state index < -0.39 is 0 Å². The first-order chi connectivity index (χ1) is 20.8. The van der Waals surface area contributed by atoms with E-state index in [1.807, 2.05) is 0 Å². The van der Waals surface area contributed by atoms with E-state index in [1.54, 1.807) is 0 Å². The lowest BCUT2D eigenvalue weighted by Gasteiger charge is -2.11. The van der Waals surface area contributed by atoms with E-state index in [0.717, 1.165) is 9.52 Å². The second-order valence-electron chi connectivity index (χ2n) is 10.3. The van der Waals surface area contributed by atoms with Gasteiger partial charge in [-0.1, -0.05) is 176 Å². The van der Waals surface area contributed by atoms with E-state index in [0.29, 0.717) is 0 Å². The SMILES string of the molecule is C[Si]c1ccc(C(=Cc2ccc(-c3ccc(C=C(c4ccccc4)c4ccccc4)cc3)cc2)c2ccccc2)cc1. The molecule has 0 heterocycles. The van der Waals surface area contributed by atoms with Crippen molar-refractivity contribution in [1.29, 1.82) is 0 Å². The highest BCUT2D eigenvalue weighted by molar-refractivity contribution is 6.51. The van der Waals surface area contributed by atoms with Crippen molar-refractivity contribution in [3.8, 4) is 11.1 Å². The highest BCUT2D eigenvalue weighted by atomic mass is 28.2. The van der Waals surface area contributed by atoms with Crippen LogP contribution >= 0.6 is 0 Å². The van der Waals surface area contributed by atoms with E-state index in [4.69, 9.17) is 0 Å². The Morgan fingerprint density at radius 1 is 0.381 bits per heavy atom. The van der Waals surface area contributed by atoms with Gasteiger partial charge in [-0.3, -0.25) is 0 Å². The molecule has 1 heteroatoms. The normalized spacial score (nSPS) is 11.2. The third-order valence-corrected chi connectivity index (χ3v) is 8.43. The molecule has 2 radical (unpaired) electrons. The molecule has 0 amide bonds. The Bertz CT molecular complexity index is 1740. The van der Waals surface area contributed by atoms with Gasteiger partial charge in [-0.2, -0.15) is 0 Å². The van der Waals surface area contributed by atoms with E-state index in [-0.39, 0.29) is 0 Å². The maximum absolute atomic E-state index is 2.30. The summed E-state index contributed by atoms with van der Waals surface area (Å²) in [6.45, 7) is 2.22. The van der Waals surface area contributed by atoms with Crippen LogP contribution in [0.2, 0.25) is 6.55 Å². The van der Waals surface area contributed by atoms with Crippen molar-refractivity contribution >= 4 is 38.0 Å². The van der Waals surface area contributed by atoms with Crippen LogP contribution in [0, 0.1) is 0 Å². The minimum absolute atomic E-state index is 0.806. The first kappa shape index (κ1) is 27.2. The zero-order valence-corrected chi connectivity index (χ0v) is 24.7. The fourth-order valence-electron chi connectivity index (χ4n) is 5.21. The smallest absolute Gasteiger partial charge is 0.0688 e. The van der Waals surface area contributed by atoms with E-state index >= 15 is 0 Å². The molecule has 6 aromatic carbocycles. The second-order valence-corrected chi connectivity index (χ2v) is 11.4. The summed E-state index contributed by atoms with van der Waals surface area (Å²) in [6, 6.07) is 58.6. The lowest BCUT2D eigenvalue weighted by atomic mass is 9.94. The van der Waals surface area contributed by atoms with Gasteiger partial charge < -0.3 is 0 Å². The summed E-state index contributed by atoms with van der Waals surface area (Å²) >= 11 is 0. The third kappa shape index (κ3) is 6.49. The molecule has 0 aliphatic carbocycles. The van der Waals surface area contributed by atoms with Crippen LogP contribution in [0.25, 0.3) is 34.4 Å². The standard InChI is InChI=1S/C41H32Si/c1-42-39-27-25-38(26-28-39)41(37-15-9-4-10-16-37)30-32-19-23-34(24-20-32)33-21-17-31(18-22-33)29-40(35-11-5-2-6-12-35)36-13-7-3-8-14-36/h2-30H,1H3. The molecule has 0 aliphatic rings. The molecule has 6 aromatic rings. The number of hydrogen-bond acceptors (Lipinski definition) is 0. The topological polar surface area (TPSA) is 0 Å². The number of rotatable bonds is 8. The Morgan fingerprint density at radius 3 is 1.05 bits per heavy atom. The van der Waals surface area contributed by atoms with Gasteiger partial charge in [-0.15, -0.1) is 0 Å². The monoisotopic (exact) mass is 552 g/mol. The molecule has 0 unspecified atom stereocenters. The van der Waals surface area contributed by atoms with Crippen LogP contribution in [-0.4, -0.2) is 9.52 Å². The predicted molar refractivity (Wildman–Crippen MR) is 183 cm³/mol. The van der Waals surface area contributed by atoms with Crippen molar-refractivity contribution in [2.45, 2.75) is 6.55 Å². The van der Waals surface area contributed by atoms with Crippen LogP contribution in [0.15, 0.2) is 164 Å². The zero-order chi connectivity index (χ0) is 28.6. The first-order valence-corrected chi connectivity index (χ1v) is 15.9. The Morgan fingerprint density at radius 2 is 0.714 bits per heavy atom. The first-order valence-electron chi connectivity index (χ1n) is 14.4. The van der Waals surface area contributed by atoms with E-state index in [1.165, 1.54) is 60.8 Å². The Balaban J connectivity index is 1.27. The summed E-state index contributed by atoms with van der Waals surface area (Å²) in [5, 5.41) is 1.38. The molecule has 0 fully saturated rings. The summed E-state index contributed by atoms with van der Waals surface area (Å²) in [4.78, 5) is 0. The van der Waals surface area contributed by atoms with Crippen molar-refractivity contribution < 1.29 is 0 Å². The van der Waals surface area contributed by atoms with Crippen LogP contribution in [0.4, 0.5) is 0 Å². The molecule has 200 valence electrons. The highest BCUT2D eigenvalue weighted by Crippen LogP contribution is 2.29. The molecule has 0 bridgehead atoms. The van der Waals surface area contributed by atoms with Gasteiger partial charge in [0, 0.05) is 0 Å². The third-order valence-electron chi connectivity index (χ3n) is 7.52. The van der Waals surface area contributed by atoms with Crippen LogP contribution in [0.1, 0.15) is 33.4 Å². The van der Waals surface area contributed by atoms with Crippen molar-refractivity contribution in [2.24, 2.45) is 0 Å². The van der Waals surface area contributed by atoms with Crippen molar-refractivity contribution in [3.05, 3.63) is 197 Å². The van der Waals surface area contributed by atoms with E-state index in [9.17, 15) is 0 Å². The fourth-order valence-corrected chi connectivity index (χ4v) is 5.71. The molecule has 0 atom stereocenters. The van der Waals surface area contributed by atoms with Gasteiger partial charge in [0.1, 0.15) is 0 Å². The summed E-state index contributed by atoms with van der Waals surface area (Å²) in [6.07, 6.45) is 4.58. The minimum atomic E-state index is 0.806. The summed E-state index contributed by atoms with van der Waals surface area (Å²) in [5.74, 6) is 0. The van der Waals surface area contributed by atoms with Crippen LogP contribution < -0.4 is 5.19 Å². The Hall–Kier alpha value is -4.98. The fraction of sp³-hybridized carbons (Fsp3) is 0.0244. The average molecular weight is 553 g/mol. The molecule has 6 rings (SSSR count). The molecular formula is C41H32Si. The molecular weight excluding hydrogens is 521 g/mol. The average Bonchev–Trinajstić information content (AvgIpc) is 3.08. The molecule has 0 nitrogen and oxygen atoms in total. The maximum Gasteiger partial charge on any atom is 0.0773 e. The van der Waals surface area contributed by atoms with Crippen molar-refractivity contribution in [1.82, 2.24) is 0 Å². The number of benzene rings is 6. The zero-order valence-electron chi connectivity index (χ0n) is 23.7. The molecule has 0 saturated carbocycles. The van der Waals surface area contributed by atoms with Crippen molar-refractivity contribution in [2.75, 3.05) is 0 Å². The summed E-state index contributed by atoms with van der Waals surface area (Å²) in [7, 11) is 0.806. The van der Waals surface area contributed by atoms with Crippen molar-refractivity contribution in [3.63, 3.8) is 0 Å². The lowest BCUT2D eigenvalue weighted by molar-refractivity contribution is 1.54. The van der Waals surface area contributed by atoms with Crippen LogP contribution in [0.3, 0.4) is 0 Å². The minimum Gasteiger partial charge on any atom is -0.0688 e. The van der Waals surface area contributed by atoms with Gasteiger partial charge in [0.15, 0.2) is 0 Å². The van der Waals surface area contributed by atoms with Gasteiger partial charge in [-0.05, 0) is 67.8 Å². The summed E-state index contributed by atoms with van der Waals surface area (Å²) < 4.78 is 0. The number of hydrogen-bond donors (Lipinski definition) is 0. The van der Waals surface area contributed by atoms with Gasteiger partial charge in [-0.25, -0.2) is 0 Å². The molecule has 42 heavy (non-hydrogen) atoms. The van der Waals surface area contributed by atoms with Gasteiger partial charge in [0.05, 0.1) is 9.52 Å². The van der Waals surface area contributed by atoms with Gasteiger partial charge in [0.25, 0.3) is 0 Å². The van der Waals surface area contributed by atoms with E-state index in [2.05, 4.69) is 182 Å². The Kier molecular flexibility index (Phi) is 8.50. The molecule has 0 N–H and O–H groups in total. The largest absolute Gasteiger partial charge is 0.0773 e. The Labute approximate surface area is 252 Å². The van der Waals surface area contributed by atoms with Gasteiger partial charge in [0.2, 0.25) is 0 Å². The van der Waals surface area contributed by atoms with Crippen LogP contribution in [0.5, 0.6) is 0 Å². The molecule has 0 aromatic heterocycles. The molecule has 0 spiro atoms. The molecule has 0 saturated heterocycles. The van der Waals surface area contributed by atoms with Gasteiger partial charge >= 0.3 is 0 Å². The quantitative estimate of drug-likeness (QED) is 0.130. The maximum atomic E-state index is 2.30. The lowest BCUT2D eigenvalue weighted by Crippen LogP contribution is -2.09. The highest BCUT2D eigenvalue weighted by Gasteiger charge is 2.08. The second kappa shape index (κ2) is 13.1. The van der Waals surface area contributed by atoms with Crippen LogP contribution in [-0.2, 0) is 0 Å². The predicted octanol–water partition coefficient (Wildman–Crippen LogP) is 9.91. The molecule has 0 aliphatic heterocycles.